The van der Waals surface area contributed by atoms with Gasteiger partial charge in [0.25, 0.3) is 0 Å². The van der Waals surface area contributed by atoms with Gasteiger partial charge in [-0.25, -0.2) is 9.13 Å². The molecule has 0 aliphatic rings. The molecule has 0 fully saturated rings. The minimum absolute atomic E-state index is 0.102. The first-order chi connectivity index (χ1) is 40.1. The zero-order valence-electron chi connectivity index (χ0n) is 54.5. The number of carbonyl (C=O) groups is 4. The number of aliphatic hydroxyl groups excluding tert-OH is 1. The maximum Gasteiger partial charge on any atom is 0.472 e. The number of hydrogen-bond donors (Lipinski definition) is 3. The third kappa shape index (κ3) is 57.8. The topological polar surface area (TPSA) is 237 Å². The van der Waals surface area contributed by atoms with Crippen molar-refractivity contribution < 1.29 is 80.2 Å². The van der Waals surface area contributed by atoms with Crippen molar-refractivity contribution in [3.05, 3.63) is 0 Å². The molecule has 0 spiro atoms. The minimum Gasteiger partial charge on any atom is -0.462 e. The van der Waals surface area contributed by atoms with E-state index in [2.05, 4.69) is 55.4 Å². The van der Waals surface area contributed by atoms with Gasteiger partial charge in [0.05, 0.1) is 26.4 Å². The van der Waals surface area contributed by atoms with Crippen molar-refractivity contribution >= 4 is 39.5 Å². The van der Waals surface area contributed by atoms with Crippen molar-refractivity contribution in [1.29, 1.82) is 0 Å². The molecule has 17 nitrogen and oxygen atoms in total. The van der Waals surface area contributed by atoms with Crippen LogP contribution in [-0.4, -0.2) is 96.7 Å². The molecule has 0 heterocycles. The minimum atomic E-state index is -4.95. The molecule has 0 amide bonds. The van der Waals surface area contributed by atoms with Gasteiger partial charge in [-0.2, -0.15) is 0 Å². The molecule has 3 N–H and O–H groups in total. The summed E-state index contributed by atoms with van der Waals surface area (Å²) in [6.07, 6.45) is 35.0. The Kier molecular flexibility index (Phi) is 53.9. The summed E-state index contributed by atoms with van der Waals surface area (Å²) in [6, 6.07) is 0. The number of rotatable bonds is 62. The summed E-state index contributed by atoms with van der Waals surface area (Å²) in [5.74, 6) is 0.764. The summed E-state index contributed by atoms with van der Waals surface area (Å²) in [5, 5.41) is 10.5. The van der Waals surface area contributed by atoms with E-state index in [0.717, 1.165) is 108 Å². The molecule has 0 aromatic carbocycles. The molecular formula is C65H126O17P2. The predicted molar refractivity (Wildman–Crippen MR) is 335 cm³/mol. The van der Waals surface area contributed by atoms with E-state index < -0.39 is 97.5 Å². The van der Waals surface area contributed by atoms with E-state index >= 15 is 0 Å². The predicted octanol–water partition coefficient (Wildman–Crippen LogP) is 17.8. The van der Waals surface area contributed by atoms with Gasteiger partial charge in [-0.3, -0.25) is 37.3 Å². The maximum atomic E-state index is 13.0. The Morgan fingerprint density at radius 3 is 0.845 bits per heavy atom. The first kappa shape index (κ1) is 82.1. The van der Waals surface area contributed by atoms with Crippen LogP contribution >= 0.6 is 15.6 Å². The normalized spacial score (nSPS) is 14.7. The van der Waals surface area contributed by atoms with Crippen molar-refractivity contribution in [3.63, 3.8) is 0 Å². The van der Waals surface area contributed by atoms with Gasteiger partial charge in [0.2, 0.25) is 0 Å². The number of esters is 4. The molecule has 0 aromatic rings. The molecule has 0 saturated carbocycles. The molecule has 4 unspecified atom stereocenters. The van der Waals surface area contributed by atoms with Gasteiger partial charge in [-0.05, 0) is 49.4 Å². The monoisotopic (exact) mass is 1240 g/mol. The number of unbranched alkanes of at least 4 members (excludes halogenated alkanes) is 27. The van der Waals surface area contributed by atoms with Gasteiger partial charge in [-0.1, -0.05) is 261 Å². The van der Waals surface area contributed by atoms with Crippen LogP contribution in [0.4, 0.5) is 0 Å². The van der Waals surface area contributed by atoms with Crippen LogP contribution in [0.1, 0.15) is 312 Å². The second-order valence-corrected chi connectivity index (χ2v) is 28.1. The van der Waals surface area contributed by atoms with E-state index in [-0.39, 0.29) is 25.7 Å². The van der Waals surface area contributed by atoms with E-state index in [1.165, 1.54) is 109 Å². The fourth-order valence-electron chi connectivity index (χ4n) is 9.57. The van der Waals surface area contributed by atoms with Crippen molar-refractivity contribution in [2.45, 2.75) is 331 Å². The fraction of sp³-hybridized carbons (Fsp3) is 0.938. The second-order valence-electron chi connectivity index (χ2n) is 25.2. The van der Waals surface area contributed by atoms with Gasteiger partial charge >= 0.3 is 39.5 Å². The largest absolute Gasteiger partial charge is 0.472 e. The third-order valence-electron chi connectivity index (χ3n) is 15.2. The first-order valence-corrected chi connectivity index (χ1v) is 36.7. The first-order valence-electron chi connectivity index (χ1n) is 33.7. The number of ether oxygens (including phenoxy) is 4. The van der Waals surface area contributed by atoms with Crippen molar-refractivity contribution in [2.75, 3.05) is 39.6 Å². The third-order valence-corrected chi connectivity index (χ3v) is 17.1. The summed E-state index contributed by atoms with van der Waals surface area (Å²) in [5.41, 5.74) is 0. The number of phosphoric acid groups is 2. The average Bonchev–Trinajstić information content (AvgIpc) is 3.44. The summed E-state index contributed by atoms with van der Waals surface area (Å²) >= 11 is 0. The lowest BCUT2D eigenvalue weighted by atomic mass is 9.99. The Balaban J connectivity index is 5.25. The number of phosphoric ester groups is 2. The molecule has 0 aliphatic heterocycles. The zero-order chi connectivity index (χ0) is 62.5. The van der Waals surface area contributed by atoms with Crippen molar-refractivity contribution in [1.82, 2.24) is 0 Å². The molecule has 0 bridgehead atoms. The van der Waals surface area contributed by atoms with Gasteiger partial charge in [-0.15, -0.1) is 0 Å². The molecule has 19 heteroatoms. The van der Waals surface area contributed by atoms with Gasteiger partial charge in [0, 0.05) is 25.7 Å². The molecular weight excluding hydrogens is 1110 g/mol. The van der Waals surface area contributed by atoms with Crippen LogP contribution in [0.5, 0.6) is 0 Å². The summed E-state index contributed by atoms with van der Waals surface area (Å²) in [7, 11) is -9.89. The van der Waals surface area contributed by atoms with E-state index in [4.69, 9.17) is 37.0 Å². The molecule has 6 atom stereocenters. The lowest BCUT2D eigenvalue weighted by molar-refractivity contribution is -0.161. The Bertz CT molecular complexity index is 1680. The van der Waals surface area contributed by atoms with Crippen LogP contribution in [-0.2, 0) is 65.4 Å². The Labute approximate surface area is 511 Å². The number of hydrogen-bond acceptors (Lipinski definition) is 15. The highest BCUT2D eigenvalue weighted by Gasteiger charge is 2.30. The molecule has 0 aromatic heterocycles. The lowest BCUT2D eigenvalue weighted by Crippen LogP contribution is -2.30. The average molecular weight is 1240 g/mol. The Morgan fingerprint density at radius 2 is 0.571 bits per heavy atom. The highest BCUT2D eigenvalue weighted by Crippen LogP contribution is 2.45. The van der Waals surface area contributed by atoms with Gasteiger partial charge in [0.15, 0.2) is 12.2 Å². The lowest BCUT2D eigenvalue weighted by Gasteiger charge is -2.21. The highest BCUT2D eigenvalue weighted by molar-refractivity contribution is 7.47. The summed E-state index contributed by atoms with van der Waals surface area (Å²) in [4.78, 5) is 72.2. The summed E-state index contributed by atoms with van der Waals surface area (Å²) in [6.45, 7) is 13.9. The van der Waals surface area contributed by atoms with Crippen LogP contribution in [0, 0.1) is 23.7 Å². The van der Waals surface area contributed by atoms with E-state index in [1.54, 1.807) is 0 Å². The molecule has 0 rings (SSSR count). The van der Waals surface area contributed by atoms with Crippen LogP contribution < -0.4 is 0 Å². The van der Waals surface area contributed by atoms with Crippen LogP contribution in [0.3, 0.4) is 0 Å². The second kappa shape index (κ2) is 55.2. The number of carbonyl (C=O) groups excluding carboxylic acids is 4. The Morgan fingerprint density at radius 1 is 0.333 bits per heavy atom. The van der Waals surface area contributed by atoms with E-state index in [9.17, 15) is 43.2 Å². The molecule has 0 radical (unpaired) electrons. The molecule has 0 saturated heterocycles. The van der Waals surface area contributed by atoms with Crippen LogP contribution in [0.25, 0.3) is 0 Å². The van der Waals surface area contributed by atoms with Crippen molar-refractivity contribution in [2.24, 2.45) is 23.7 Å². The van der Waals surface area contributed by atoms with Gasteiger partial charge in [0.1, 0.15) is 19.3 Å². The summed E-state index contributed by atoms with van der Waals surface area (Å²) < 4.78 is 68.0. The van der Waals surface area contributed by atoms with E-state index in [1.807, 2.05) is 0 Å². The quantitative estimate of drug-likeness (QED) is 0.0222. The number of aliphatic hydroxyl groups is 1. The maximum absolute atomic E-state index is 13.0. The SMILES string of the molecule is CCC(C)CCCCCCCCCCCCC(=O)O[C@H](COC(=O)CCCCCCCCCCC(C)C)COP(=O)(O)OCC(O)COP(=O)(O)OC[C@@H](COC(=O)CCCCCCCCC(C)C)OC(=O)CCCCCCCCCC(C)C. The van der Waals surface area contributed by atoms with Crippen LogP contribution in [0.2, 0.25) is 0 Å². The van der Waals surface area contributed by atoms with E-state index in [0.29, 0.717) is 37.5 Å². The smallest absolute Gasteiger partial charge is 0.462 e. The highest BCUT2D eigenvalue weighted by atomic mass is 31.2. The van der Waals surface area contributed by atoms with Gasteiger partial charge < -0.3 is 33.8 Å². The van der Waals surface area contributed by atoms with Crippen molar-refractivity contribution in [3.8, 4) is 0 Å². The molecule has 84 heavy (non-hydrogen) atoms. The molecule has 0 aliphatic carbocycles. The standard InChI is InChI=1S/C65H126O17P2/c1-9-58(8)44-36-28-19-12-10-11-13-21-31-39-47-64(69)81-60(51-75-62(67)45-37-29-20-15-14-17-25-33-41-55(2)3)53-79-83(71,72)77-49-59(66)50-78-84(73,74)80-54-61(52-76-63(68)46-38-30-24-23-27-35-43-57(6)7)82-65(70)48-40-32-22-16-18-26-34-42-56(4)5/h55-61,66H,9-54H2,1-8H3,(H,71,72)(H,73,74)/t58?,59?,60-,61-/m1/s1. The fourth-order valence-corrected chi connectivity index (χ4v) is 11.2. The molecule has 498 valence electrons. The Hall–Kier alpha value is -1.94. The van der Waals surface area contributed by atoms with Crippen LogP contribution in [0.15, 0.2) is 0 Å². The zero-order valence-corrected chi connectivity index (χ0v) is 56.3.